The smallest absolute Gasteiger partial charge is 0.335 e. The lowest BCUT2D eigenvalue weighted by molar-refractivity contribution is -0.208. The first-order valence-corrected chi connectivity index (χ1v) is 17.5. The Kier molecular flexibility index (Phi) is 17.9. The number of amides is 4. The van der Waals surface area contributed by atoms with Crippen molar-refractivity contribution < 1.29 is 57.8 Å². The summed E-state index contributed by atoms with van der Waals surface area (Å²) in [4.78, 5) is 91.8. The third-order valence-electron chi connectivity index (χ3n) is 8.42. The van der Waals surface area contributed by atoms with Gasteiger partial charge in [-0.15, -0.1) is 0 Å². The molecule has 0 aliphatic rings. The highest BCUT2D eigenvalue weighted by molar-refractivity contribution is 6.00. The van der Waals surface area contributed by atoms with E-state index in [1.807, 2.05) is 20.8 Å². The van der Waals surface area contributed by atoms with Crippen molar-refractivity contribution in [3.8, 4) is 17.1 Å². The molecule has 1 heterocycles. The minimum absolute atomic E-state index is 0.0404. The molecule has 0 spiro atoms. The molecule has 52 heavy (non-hydrogen) atoms. The quantitative estimate of drug-likeness (QED) is 0.0444. The number of nitrogens with one attached hydrogen (secondary N) is 3. The van der Waals surface area contributed by atoms with Crippen molar-refractivity contribution >= 4 is 42.0 Å². The summed E-state index contributed by atoms with van der Waals surface area (Å²) in [6, 6.07) is 4.83. The molecule has 16 heteroatoms. The molecule has 1 aromatic heterocycles. The minimum Gasteiger partial charge on any atom is -0.493 e. The van der Waals surface area contributed by atoms with Gasteiger partial charge in [-0.25, -0.2) is 9.59 Å². The van der Waals surface area contributed by atoms with Gasteiger partial charge in [-0.1, -0.05) is 53.0 Å². The van der Waals surface area contributed by atoms with E-state index in [0.717, 1.165) is 17.9 Å². The van der Waals surface area contributed by atoms with Crippen molar-refractivity contribution in [3.05, 3.63) is 41.7 Å². The number of nitrogens with zero attached hydrogens (tertiary/aromatic N) is 1. The first-order valence-electron chi connectivity index (χ1n) is 17.5. The van der Waals surface area contributed by atoms with Crippen LogP contribution in [0, 0.1) is 11.8 Å². The summed E-state index contributed by atoms with van der Waals surface area (Å²) < 4.78 is 11.3. The largest absolute Gasteiger partial charge is 0.493 e. The molecule has 2 rings (SSSR count). The molecule has 0 radical (unpaired) electrons. The number of rotatable bonds is 24. The Bertz CT molecular complexity index is 1540. The van der Waals surface area contributed by atoms with Crippen LogP contribution in [-0.4, -0.2) is 82.7 Å². The molecule has 3 atom stereocenters. The van der Waals surface area contributed by atoms with Gasteiger partial charge in [-0.2, -0.15) is 5.06 Å². The van der Waals surface area contributed by atoms with Crippen LogP contribution in [0.3, 0.4) is 0 Å². The van der Waals surface area contributed by atoms with Crippen LogP contribution in [-0.2, 0) is 28.8 Å². The van der Waals surface area contributed by atoms with E-state index in [0.29, 0.717) is 44.1 Å². The molecular weight excluding hydrogens is 680 g/mol. The molecule has 0 unspecified atom stereocenters. The molecule has 286 valence electrons. The SMILES string of the molecule is CCCCC[C@@H](C(=O)NCNC(=O)c1ccc(-c2ccc(C(=O)N[C@@H](CC(=O)O)C(=O)O)c(OCC)c2)o1)[C@@H](CC)N(C=O)OC(=O)C(CC)CC. The molecule has 5 N–H and O–H groups in total. The lowest BCUT2D eigenvalue weighted by atomic mass is 9.90. The number of carbonyl (C=O) groups is 7. The van der Waals surface area contributed by atoms with Gasteiger partial charge in [0.15, 0.2) is 5.76 Å². The summed E-state index contributed by atoms with van der Waals surface area (Å²) in [6.07, 6.45) is 3.90. The fourth-order valence-corrected chi connectivity index (χ4v) is 5.52. The number of ether oxygens (including phenoxy) is 1. The van der Waals surface area contributed by atoms with E-state index in [1.165, 1.54) is 30.3 Å². The van der Waals surface area contributed by atoms with Gasteiger partial charge in [0.1, 0.15) is 17.6 Å². The monoisotopic (exact) mass is 730 g/mol. The second-order valence-corrected chi connectivity index (χ2v) is 12.0. The third-order valence-corrected chi connectivity index (χ3v) is 8.42. The Morgan fingerprint density at radius 1 is 0.904 bits per heavy atom. The summed E-state index contributed by atoms with van der Waals surface area (Å²) in [5.41, 5.74) is 0.374. The number of hydrogen-bond donors (Lipinski definition) is 5. The highest BCUT2D eigenvalue weighted by atomic mass is 16.7. The maximum atomic E-state index is 13.4. The van der Waals surface area contributed by atoms with E-state index in [4.69, 9.17) is 19.1 Å². The normalized spacial score (nSPS) is 12.6. The molecule has 0 saturated carbocycles. The predicted molar refractivity (Wildman–Crippen MR) is 187 cm³/mol. The zero-order valence-electron chi connectivity index (χ0n) is 30.3. The number of benzene rings is 1. The summed E-state index contributed by atoms with van der Waals surface area (Å²) in [7, 11) is 0. The second kappa shape index (κ2) is 21.7. The number of carboxylic acid groups (broad SMARTS) is 2. The van der Waals surface area contributed by atoms with Crippen LogP contribution in [0.2, 0.25) is 0 Å². The second-order valence-electron chi connectivity index (χ2n) is 12.0. The number of hydroxylamine groups is 2. The van der Waals surface area contributed by atoms with Gasteiger partial charge in [-0.05, 0) is 56.9 Å². The molecule has 16 nitrogen and oxygen atoms in total. The molecule has 0 aliphatic heterocycles. The maximum Gasteiger partial charge on any atom is 0.335 e. The Hall–Kier alpha value is -5.41. The Labute approximate surface area is 302 Å². The van der Waals surface area contributed by atoms with E-state index in [1.54, 1.807) is 13.8 Å². The van der Waals surface area contributed by atoms with Crippen LogP contribution < -0.4 is 20.7 Å². The van der Waals surface area contributed by atoms with E-state index in [2.05, 4.69) is 16.0 Å². The molecule has 0 saturated heterocycles. The number of furan rings is 1. The van der Waals surface area contributed by atoms with Crippen molar-refractivity contribution in [2.24, 2.45) is 11.8 Å². The number of carbonyl (C=O) groups excluding carboxylic acids is 5. The van der Waals surface area contributed by atoms with Gasteiger partial charge in [-0.3, -0.25) is 24.0 Å². The zero-order chi connectivity index (χ0) is 38.8. The topological polar surface area (TPSA) is 231 Å². The molecule has 4 amide bonds. The Morgan fingerprint density at radius 2 is 1.62 bits per heavy atom. The number of carboxylic acids is 2. The van der Waals surface area contributed by atoms with Crippen molar-refractivity contribution in [3.63, 3.8) is 0 Å². The van der Waals surface area contributed by atoms with E-state index >= 15 is 0 Å². The van der Waals surface area contributed by atoms with Gasteiger partial charge < -0.3 is 40.2 Å². The highest BCUT2D eigenvalue weighted by Gasteiger charge is 2.34. The summed E-state index contributed by atoms with van der Waals surface area (Å²) in [5.74, 6) is -6.27. The molecule has 0 aliphatic carbocycles. The van der Waals surface area contributed by atoms with Crippen LogP contribution in [0.1, 0.15) is 107 Å². The molecule has 0 fully saturated rings. The summed E-state index contributed by atoms with van der Waals surface area (Å²) >= 11 is 0. The first-order chi connectivity index (χ1) is 24.8. The average molecular weight is 731 g/mol. The highest BCUT2D eigenvalue weighted by Crippen LogP contribution is 2.29. The van der Waals surface area contributed by atoms with Gasteiger partial charge in [0, 0.05) is 5.56 Å². The van der Waals surface area contributed by atoms with E-state index < -0.39 is 60.1 Å². The summed E-state index contributed by atoms with van der Waals surface area (Å²) in [5, 5.41) is 26.6. The van der Waals surface area contributed by atoms with Crippen molar-refractivity contribution in [2.75, 3.05) is 13.3 Å². The maximum absolute atomic E-state index is 13.4. The molecular formula is C36H50N4O12. The Balaban J connectivity index is 2.16. The van der Waals surface area contributed by atoms with Crippen LogP contribution in [0.25, 0.3) is 11.3 Å². The number of unbranched alkanes of at least 4 members (excludes halogenated alkanes) is 2. The molecule has 1 aromatic carbocycles. The van der Waals surface area contributed by atoms with Crippen molar-refractivity contribution in [1.29, 1.82) is 0 Å². The lowest BCUT2D eigenvalue weighted by Crippen LogP contribution is -2.49. The average Bonchev–Trinajstić information content (AvgIpc) is 3.61. The van der Waals surface area contributed by atoms with E-state index in [-0.39, 0.29) is 42.0 Å². The minimum atomic E-state index is -1.66. The molecule has 2 aromatic rings. The zero-order valence-corrected chi connectivity index (χ0v) is 30.3. The van der Waals surface area contributed by atoms with Crippen molar-refractivity contribution in [1.82, 2.24) is 21.0 Å². The molecule has 0 bridgehead atoms. The van der Waals surface area contributed by atoms with Crippen molar-refractivity contribution in [2.45, 2.75) is 98.1 Å². The van der Waals surface area contributed by atoms with Gasteiger partial charge in [0.25, 0.3) is 11.8 Å². The standard InChI is InChI=1S/C36H50N4O12/c1-6-11-12-13-24(27(9-4)40(21-41)52-36(49)22(7-2)8-3)32(44)37-20-38-34(46)29-17-16-28(51-29)23-14-15-25(30(18-23)50-10-5)33(45)39-26(35(47)48)19-31(42)43/h14-18,21-22,24,26-27H,6-13,19-20H2,1-5H3,(H,37,44)(H,38,46)(H,39,45)(H,42,43)(H,47,48)/t24-,26+,27-/m1/s1. The predicted octanol–water partition coefficient (Wildman–Crippen LogP) is 4.13. The first kappa shape index (κ1) is 42.8. The fourth-order valence-electron chi connectivity index (χ4n) is 5.52. The fraction of sp³-hybridized carbons (Fsp3) is 0.528. The van der Waals surface area contributed by atoms with Crippen LogP contribution in [0.15, 0.2) is 34.7 Å². The van der Waals surface area contributed by atoms with Gasteiger partial charge in [0.05, 0.1) is 43.1 Å². The Morgan fingerprint density at radius 3 is 2.19 bits per heavy atom. The van der Waals surface area contributed by atoms with Crippen LogP contribution in [0.4, 0.5) is 0 Å². The van der Waals surface area contributed by atoms with Gasteiger partial charge in [0.2, 0.25) is 12.3 Å². The lowest BCUT2D eigenvalue weighted by Gasteiger charge is -2.32. The third kappa shape index (κ3) is 12.4. The van der Waals surface area contributed by atoms with Crippen LogP contribution >= 0.6 is 0 Å². The number of aliphatic carboxylic acids is 2. The van der Waals surface area contributed by atoms with Gasteiger partial charge >= 0.3 is 17.9 Å². The van der Waals surface area contributed by atoms with E-state index in [9.17, 15) is 38.7 Å². The van der Waals surface area contributed by atoms with Crippen LogP contribution in [0.5, 0.6) is 5.75 Å². The number of hydrogen-bond acceptors (Lipinski definition) is 10. The summed E-state index contributed by atoms with van der Waals surface area (Å²) in [6.45, 7) is 9.07.